The zero-order valence-electron chi connectivity index (χ0n) is 20.7. The summed E-state index contributed by atoms with van der Waals surface area (Å²) < 4.78 is 1.64. The maximum absolute atomic E-state index is 12.3. The first-order valence-electron chi connectivity index (χ1n) is 11.4. The highest BCUT2D eigenvalue weighted by atomic mass is 35.5. The molecular formula is C29H27ClN2O5. The predicted octanol–water partition coefficient (Wildman–Crippen LogP) is 6.28. The van der Waals surface area contributed by atoms with Crippen LogP contribution in [-0.4, -0.2) is 32.5 Å². The smallest absolute Gasteiger partial charge is 0.337 e. The van der Waals surface area contributed by atoms with Gasteiger partial charge in [-0.15, -0.1) is 0 Å². The van der Waals surface area contributed by atoms with Gasteiger partial charge in [0, 0.05) is 29.0 Å². The van der Waals surface area contributed by atoms with Gasteiger partial charge in [0.15, 0.2) is 0 Å². The third kappa shape index (κ3) is 6.86. The highest BCUT2D eigenvalue weighted by Crippen LogP contribution is 2.27. The maximum Gasteiger partial charge on any atom is 0.337 e. The summed E-state index contributed by atoms with van der Waals surface area (Å²) in [6.45, 7) is 3.84. The normalized spacial score (nSPS) is 10.3. The van der Waals surface area contributed by atoms with Gasteiger partial charge in [-0.05, 0) is 55.8 Å². The molecule has 0 fully saturated rings. The first-order chi connectivity index (χ1) is 17.6. The van der Waals surface area contributed by atoms with Crippen molar-refractivity contribution < 1.29 is 24.6 Å². The van der Waals surface area contributed by atoms with E-state index in [0.29, 0.717) is 27.7 Å². The molecule has 0 amide bonds. The Hall–Kier alpha value is -4.36. The molecule has 0 bridgehead atoms. The standard InChI is InChI=1S/C15H15NO3.C14H12ClNO2/c1-10-3-5-11(6-4-10)15(19)13-8-7-12(16(13)2)9-14(17)18;1-9-11(15)6-4-8-12(9)16-13-7-3-2-5-10(13)14(17)18/h3-8H,9H2,1-2H3,(H,17,18);2-8,16H,1H3,(H,17,18). The van der Waals surface area contributed by atoms with Gasteiger partial charge in [0.1, 0.15) is 0 Å². The number of nitrogens with one attached hydrogen (secondary N) is 1. The van der Waals surface area contributed by atoms with E-state index in [0.717, 1.165) is 16.8 Å². The van der Waals surface area contributed by atoms with E-state index in [1.165, 1.54) is 0 Å². The molecular weight excluding hydrogens is 492 g/mol. The van der Waals surface area contributed by atoms with Crippen molar-refractivity contribution >= 4 is 40.7 Å². The van der Waals surface area contributed by atoms with E-state index >= 15 is 0 Å². The number of nitrogens with zero attached hydrogens (tertiary/aromatic N) is 1. The van der Waals surface area contributed by atoms with Crippen LogP contribution >= 0.6 is 11.6 Å². The largest absolute Gasteiger partial charge is 0.481 e. The molecule has 0 radical (unpaired) electrons. The predicted molar refractivity (Wildman–Crippen MR) is 144 cm³/mol. The molecule has 0 aliphatic carbocycles. The summed E-state index contributed by atoms with van der Waals surface area (Å²) in [6, 6.07) is 22.9. The van der Waals surface area contributed by atoms with Crippen LogP contribution in [0.25, 0.3) is 0 Å². The van der Waals surface area contributed by atoms with E-state index < -0.39 is 11.9 Å². The Morgan fingerprint density at radius 3 is 2.14 bits per heavy atom. The van der Waals surface area contributed by atoms with Gasteiger partial charge in [-0.1, -0.05) is 59.6 Å². The molecule has 4 rings (SSSR count). The molecule has 0 aliphatic rings. The number of carboxylic acids is 2. The van der Waals surface area contributed by atoms with Crippen molar-refractivity contribution in [1.82, 2.24) is 4.57 Å². The van der Waals surface area contributed by atoms with E-state index in [4.69, 9.17) is 21.8 Å². The zero-order valence-corrected chi connectivity index (χ0v) is 21.4. The molecule has 0 saturated carbocycles. The minimum Gasteiger partial charge on any atom is -0.481 e. The van der Waals surface area contributed by atoms with Crippen LogP contribution in [0.5, 0.6) is 0 Å². The van der Waals surface area contributed by atoms with Crippen LogP contribution in [0.2, 0.25) is 5.02 Å². The van der Waals surface area contributed by atoms with E-state index in [1.54, 1.807) is 66.2 Å². The molecule has 8 heteroatoms. The molecule has 1 heterocycles. The SMILES string of the molecule is Cc1c(Cl)cccc1Nc1ccccc1C(=O)O.Cc1ccc(C(=O)c2ccc(CC(=O)O)n2C)cc1. The minimum absolute atomic E-state index is 0.0856. The van der Waals surface area contributed by atoms with Crippen molar-refractivity contribution in [3.63, 3.8) is 0 Å². The number of benzene rings is 3. The second kappa shape index (κ2) is 12.1. The van der Waals surface area contributed by atoms with Crippen molar-refractivity contribution in [3.05, 3.63) is 118 Å². The molecule has 3 N–H and O–H groups in total. The Morgan fingerprint density at radius 2 is 1.49 bits per heavy atom. The summed E-state index contributed by atoms with van der Waals surface area (Å²) in [6.07, 6.45) is -0.0856. The number of rotatable bonds is 7. The summed E-state index contributed by atoms with van der Waals surface area (Å²) in [4.78, 5) is 34.1. The molecule has 190 valence electrons. The van der Waals surface area contributed by atoms with Crippen LogP contribution in [0, 0.1) is 13.8 Å². The maximum atomic E-state index is 12.3. The fraction of sp³-hybridized carbons (Fsp3) is 0.138. The van der Waals surface area contributed by atoms with Crippen molar-refractivity contribution in [3.8, 4) is 0 Å². The van der Waals surface area contributed by atoms with Crippen molar-refractivity contribution in [1.29, 1.82) is 0 Å². The summed E-state index contributed by atoms with van der Waals surface area (Å²) in [5.74, 6) is -1.97. The van der Waals surface area contributed by atoms with Gasteiger partial charge in [0.05, 0.1) is 23.4 Å². The van der Waals surface area contributed by atoms with Crippen LogP contribution < -0.4 is 5.32 Å². The number of anilines is 2. The van der Waals surface area contributed by atoms with Gasteiger partial charge in [-0.3, -0.25) is 9.59 Å². The van der Waals surface area contributed by atoms with Gasteiger partial charge in [-0.25, -0.2) is 4.79 Å². The first-order valence-corrected chi connectivity index (χ1v) is 11.8. The number of para-hydroxylation sites is 1. The van der Waals surface area contributed by atoms with Crippen molar-refractivity contribution in [2.45, 2.75) is 20.3 Å². The monoisotopic (exact) mass is 518 g/mol. The van der Waals surface area contributed by atoms with E-state index in [-0.39, 0.29) is 17.8 Å². The Balaban J connectivity index is 0.000000206. The molecule has 7 nitrogen and oxygen atoms in total. The van der Waals surface area contributed by atoms with Crippen LogP contribution in [0.3, 0.4) is 0 Å². The summed E-state index contributed by atoms with van der Waals surface area (Å²) in [5, 5.41) is 21.6. The number of aromatic nitrogens is 1. The number of halogens is 1. The van der Waals surface area contributed by atoms with Gasteiger partial charge >= 0.3 is 11.9 Å². The summed E-state index contributed by atoms with van der Waals surface area (Å²) in [7, 11) is 1.71. The second-order valence-electron chi connectivity index (χ2n) is 8.42. The molecule has 0 aliphatic heterocycles. The highest BCUT2D eigenvalue weighted by Gasteiger charge is 2.16. The zero-order chi connectivity index (χ0) is 27.1. The lowest BCUT2D eigenvalue weighted by atomic mass is 10.1. The number of aryl methyl sites for hydroxylation is 1. The highest BCUT2D eigenvalue weighted by molar-refractivity contribution is 6.31. The lowest BCUT2D eigenvalue weighted by Crippen LogP contribution is -2.11. The van der Waals surface area contributed by atoms with E-state index in [9.17, 15) is 14.4 Å². The fourth-order valence-corrected chi connectivity index (χ4v) is 3.81. The van der Waals surface area contributed by atoms with Crippen LogP contribution in [0.15, 0.2) is 78.9 Å². The van der Waals surface area contributed by atoms with E-state index in [1.807, 2.05) is 38.1 Å². The lowest BCUT2D eigenvalue weighted by molar-refractivity contribution is -0.136. The Morgan fingerprint density at radius 1 is 0.838 bits per heavy atom. The van der Waals surface area contributed by atoms with Crippen molar-refractivity contribution in [2.24, 2.45) is 7.05 Å². The third-order valence-electron chi connectivity index (χ3n) is 5.80. The number of aromatic carboxylic acids is 1. The number of ketones is 1. The quantitative estimate of drug-likeness (QED) is 0.248. The minimum atomic E-state index is -0.960. The van der Waals surface area contributed by atoms with Gasteiger partial charge in [-0.2, -0.15) is 0 Å². The van der Waals surface area contributed by atoms with Gasteiger partial charge < -0.3 is 20.1 Å². The number of aliphatic carboxylic acids is 1. The summed E-state index contributed by atoms with van der Waals surface area (Å²) in [5.41, 5.74) is 5.29. The number of carbonyl (C=O) groups excluding carboxylic acids is 1. The topological polar surface area (TPSA) is 109 Å². The first kappa shape index (κ1) is 27.2. The average Bonchev–Trinajstić information content (AvgIpc) is 3.22. The fourth-order valence-electron chi connectivity index (χ4n) is 3.63. The number of hydrogen-bond acceptors (Lipinski definition) is 4. The molecule has 0 saturated heterocycles. The van der Waals surface area contributed by atoms with Gasteiger partial charge in [0.25, 0.3) is 0 Å². The van der Waals surface area contributed by atoms with Crippen LogP contribution in [0.1, 0.15) is 43.2 Å². The number of carboxylic acid groups (broad SMARTS) is 2. The third-order valence-corrected chi connectivity index (χ3v) is 6.21. The Labute approximate surface area is 220 Å². The number of carbonyl (C=O) groups is 3. The molecule has 0 spiro atoms. The Bertz CT molecular complexity index is 1440. The van der Waals surface area contributed by atoms with E-state index in [2.05, 4.69) is 5.32 Å². The molecule has 1 aromatic heterocycles. The molecule has 3 aromatic carbocycles. The Kier molecular flexibility index (Phi) is 8.87. The van der Waals surface area contributed by atoms with Crippen molar-refractivity contribution in [2.75, 3.05) is 5.32 Å². The van der Waals surface area contributed by atoms with Gasteiger partial charge in [0.2, 0.25) is 5.78 Å². The average molecular weight is 519 g/mol. The number of hydrogen-bond donors (Lipinski definition) is 3. The molecule has 0 atom stereocenters. The molecule has 4 aromatic rings. The lowest BCUT2D eigenvalue weighted by Gasteiger charge is -2.12. The van der Waals surface area contributed by atoms with Crippen LogP contribution in [-0.2, 0) is 18.3 Å². The second-order valence-corrected chi connectivity index (χ2v) is 8.83. The summed E-state index contributed by atoms with van der Waals surface area (Å²) >= 11 is 6.03. The molecule has 0 unspecified atom stereocenters. The molecule has 37 heavy (non-hydrogen) atoms. The van der Waals surface area contributed by atoms with Crippen LogP contribution in [0.4, 0.5) is 11.4 Å².